The molecule has 0 aliphatic rings. The number of fused-ring (bicyclic) bond motifs is 1. The highest BCUT2D eigenvalue weighted by Gasteiger charge is 2.21. The highest BCUT2D eigenvalue weighted by Crippen LogP contribution is 2.21. The zero-order valence-corrected chi connectivity index (χ0v) is 12.6. The fourth-order valence-corrected chi connectivity index (χ4v) is 2.78. The van der Waals surface area contributed by atoms with E-state index in [0.29, 0.717) is 16.9 Å². The lowest BCUT2D eigenvalue weighted by atomic mass is 9.96. The van der Waals surface area contributed by atoms with Gasteiger partial charge in [-0.15, -0.1) is 6.58 Å². The van der Waals surface area contributed by atoms with E-state index in [1.54, 1.807) is 16.7 Å². The van der Waals surface area contributed by atoms with Gasteiger partial charge in [-0.1, -0.05) is 44.3 Å². The van der Waals surface area contributed by atoms with Crippen LogP contribution in [0.15, 0.2) is 35.8 Å². The van der Waals surface area contributed by atoms with Gasteiger partial charge in [0.05, 0.1) is 10.2 Å². The Bertz CT molecular complexity index is 734. The SMILES string of the molecule is C=CCn1c(=NC(=O)C(C)(C)C)sc2cccc(F)c21. The van der Waals surface area contributed by atoms with Crippen molar-refractivity contribution in [2.45, 2.75) is 27.3 Å². The number of hydrogen-bond donors (Lipinski definition) is 0. The normalized spacial score (nSPS) is 12.9. The first-order chi connectivity index (χ1) is 9.34. The number of carbonyl (C=O) groups is 1. The van der Waals surface area contributed by atoms with Gasteiger partial charge in [-0.3, -0.25) is 4.79 Å². The van der Waals surface area contributed by atoms with Gasteiger partial charge in [0.1, 0.15) is 5.82 Å². The summed E-state index contributed by atoms with van der Waals surface area (Å²) in [5.74, 6) is -0.535. The third-order valence-electron chi connectivity index (χ3n) is 2.80. The van der Waals surface area contributed by atoms with Gasteiger partial charge < -0.3 is 4.57 Å². The highest BCUT2D eigenvalue weighted by atomic mass is 32.1. The maximum absolute atomic E-state index is 14.0. The van der Waals surface area contributed by atoms with Crippen LogP contribution in [0.3, 0.4) is 0 Å². The van der Waals surface area contributed by atoms with E-state index in [4.69, 9.17) is 0 Å². The van der Waals surface area contributed by atoms with Crippen LogP contribution in [-0.2, 0) is 11.3 Å². The third kappa shape index (κ3) is 2.72. The maximum Gasteiger partial charge on any atom is 0.253 e. The molecule has 1 aromatic heterocycles. The molecule has 1 amide bonds. The standard InChI is InChI=1S/C15H17FN2OS/c1-5-9-18-12-10(16)7-6-8-11(12)20-14(18)17-13(19)15(2,3)4/h5-8H,1,9H2,2-4H3. The van der Waals surface area contributed by atoms with Crippen LogP contribution >= 0.6 is 11.3 Å². The zero-order chi connectivity index (χ0) is 14.9. The molecule has 2 rings (SSSR count). The second-order valence-electron chi connectivity index (χ2n) is 5.54. The monoisotopic (exact) mass is 292 g/mol. The Hall–Kier alpha value is -1.75. The van der Waals surface area contributed by atoms with E-state index in [9.17, 15) is 9.18 Å². The topological polar surface area (TPSA) is 34.4 Å². The summed E-state index contributed by atoms with van der Waals surface area (Å²) in [4.78, 5) is 16.7. The van der Waals surface area contributed by atoms with E-state index in [1.807, 2.05) is 26.8 Å². The first-order valence-electron chi connectivity index (χ1n) is 6.32. The molecule has 0 fully saturated rings. The Balaban J connectivity index is 2.73. The van der Waals surface area contributed by atoms with Crippen molar-refractivity contribution < 1.29 is 9.18 Å². The molecule has 20 heavy (non-hydrogen) atoms. The minimum atomic E-state index is -0.555. The first kappa shape index (κ1) is 14.7. The average Bonchev–Trinajstić information content (AvgIpc) is 2.68. The number of amides is 1. The van der Waals surface area contributed by atoms with Crippen molar-refractivity contribution in [2.24, 2.45) is 10.4 Å². The summed E-state index contributed by atoms with van der Waals surface area (Å²) < 4.78 is 16.4. The number of thiazole rings is 1. The summed E-state index contributed by atoms with van der Waals surface area (Å²) in [6.07, 6.45) is 1.67. The minimum Gasteiger partial charge on any atom is -0.310 e. The van der Waals surface area contributed by atoms with E-state index in [-0.39, 0.29) is 11.7 Å². The van der Waals surface area contributed by atoms with E-state index in [0.717, 1.165) is 4.70 Å². The molecule has 1 heterocycles. The summed E-state index contributed by atoms with van der Waals surface area (Å²) >= 11 is 1.31. The molecule has 0 aliphatic carbocycles. The van der Waals surface area contributed by atoms with Crippen LogP contribution in [0.1, 0.15) is 20.8 Å². The van der Waals surface area contributed by atoms with Gasteiger partial charge in [-0.2, -0.15) is 4.99 Å². The maximum atomic E-state index is 14.0. The predicted molar refractivity (Wildman–Crippen MR) is 80.0 cm³/mol. The lowest BCUT2D eigenvalue weighted by molar-refractivity contribution is -0.125. The molecule has 1 aromatic carbocycles. The van der Waals surface area contributed by atoms with Crippen LogP contribution < -0.4 is 4.80 Å². The largest absolute Gasteiger partial charge is 0.310 e. The number of allylic oxidation sites excluding steroid dienone is 1. The van der Waals surface area contributed by atoms with Crippen LogP contribution in [-0.4, -0.2) is 10.5 Å². The lowest BCUT2D eigenvalue weighted by Gasteiger charge is -2.11. The molecule has 0 N–H and O–H groups in total. The van der Waals surface area contributed by atoms with Gasteiger partial charge in [0, 0.05) is 12.0 Å². The van der Waals surface area contributed by atoms with Crippen molar-refractivity contribution in [1.82, 2.24) is 4.57 Å². The predicted octanol–water partition coefficient (Wildman–Crippen LogP) is 3.50. The lowest BCUT2D eigenvalue weighted by Crippen LogP contribution is -2.23. The molecule has 3 nitrogen and oxygen atoms in total. The van der Waals surface area contributed by atoms with Crippen LogP contribution in [0.4, 0.5) is 4.39 Å². The molecule has 0 bridgehead atoms. The summed E-state index contributed by atoms with van der Waals surface area (Å²) in [6, 6.07) is 4.88. The molecule has 2 aromatic rings. The second-order valence-corrected chi connectivity index (χ2v) is 6.55. The van der Waals surface area contributed by atoms with Crippen molar-refractivity contribution >= 4 is 27.5 Å². The van der Waals surface area contributed by atoms with Crippen molar-refractivity contribution in [3.8, 4) is 0 Å². The Morgan fingerprint density at radius 2 is 2.20 bits per heavy atom. The van der Waals surface area contributed by atoms with E-state index in [2.05, 4.69) is 11.6 Å². The molecule has 0 atom stereocenters. The highest BCUT2D eigenvalue weighted by molar-refractivity contribution is 7.16. The van der Waals surface area contributed by atoms with Gasteiger partial charge >= 0.3 is 0 Å². The quantitative estimate of drug-likeness (QED) is 0.780. The van der Waals surface area contributed by atoms with Gasteiger partial charge in [-0.05, 0) is 12.1 Å². The smallest absolute Gasteiger partial charge is 0.253 e. The molecule has 0 saturated carbocycles. The number of aromatic nitrogens is 1. The fourth-order valence-electron chi connectivity index (χ4n) is 1.73. The number of hydrogen-bond acceptors (Lipinski definition) is 2. The average molecular weight is 292 g/mol. The van der Waals surface area contributed by atoms with Gasteiger partial charge in [0.15, 0.2) is 4.80 Å². The van der Waals surface area contributed by atoms with Crippen LogP contribution in [0.2, 0.25) is 0 Å². The molecule has 0 radical (unpaired) electrons. The van der Waals surface area contributed by atoms with E-state index < -0.39 is 5.41 Å². The number of rotatable bonds is 2. The van der Waals surface area contributed by atoms with E-state index >= 15 is 0 Å². The van der Waals surface area contributed by atoms with Crippen molar-refractivity contribution in [2.75, 3.05) is 0 Å². The summed E-state index contributed by atoms with van der Waals surface area (Å²) in [5, 5.41) is 0. The molecule has 0 aliphatic heterocycles. The van der Waals surface area contributed by atoms with Crippen molar-refractivity contribution in [3.63, 3.8) is 0 Å². The Labute approximate surface area is 121 Å². The molecule has 0 saturated heterocycles. The molecular weight excluding hydrogens is 275 g/mol. The third-order valence-corrected chi connectivity index (χ3v) is 3.85. The van der Waals surface area contributed by atoms with Crippen molar-refractivity contribution in [1.29, 1.82) is 0 Å². The molecule has 0 unspecified atom stereocenters. The Kier molecular flexibility index (Phi) is 3.90. The van der Waals surface area contributed by atoms with E-state index in [1.165, 1.54) is 17.4 Å². The summed E-state index contributed by atoms with van der Waals surface area (Å²) in [7, 11) is 0. The molecule has 106 valence electrons. The summed E-state index contributed by atoms with van der Waals surface area (Å²) in [6.45, 7) is 9.52. The Morgan fingerprint density at radius 3 is 2.80 bits per heavy atom. The zero-order valence-electron chi connectivity index (χ0n) is 11.8. The number of benzene rings is 1. The first-order valence-corrected chi connectivity index (χ1v) is 7.14. The Morgan fingerprint density at radius 1 is 1.50 bits per heavy atom. The molecular formula is C15H17FN2OS. The number of nitrogens with zero attached hydrogens (tertiary/aromatic N) is 2. The molecule has 0 spiro atoms. The van der Waals surface area contributed by atoms with Gasteiger partial charge in [-0.25, -0.2) is 4.39 Å². The molecule has 5 heteroatoms. The number of para-hydroxylation sites is 1. The second kappa shape index (κ2) is 5.32. The van der Waals surface area contributed by atoms with Gasteiger partial charge in [0.25, 0.3) is 5.91 Å². The van der Waals surface area contributed by atoms with Crippen molar-refractivity contribution in [3.05, 3.63) is 41.5 Å². The van der Waals surface area contributed by atoms with Crippen LogP contribution in [0.25, 0.3) is 10.2 Å². The number of halogens is 1. The number of carbonyl (C=O) groups excluding carboxylic acids is 1. The fraction of sp³-hybridized carbons (Fsp3) is 0.333. The minimum absolute atomic E-state index is 0.220. The van der Waals surface area contributed by atoms with Gasteiger partial charge in [0.2, 0.25) is 0 Å². The van der Waals surface area contributed by atoms with Crippen LogP contribution in [0, 0.1) is 11.2 Å². The van der Waals surface area contributed by atoms with Crippen LogP contribution in [0.5, 0.6) is 0 Å². The summed E-state index contributed by atoms with van der Waals surface area (Å²) in [5.41, 5.74) is -0.0846.